The lowest BCUT2D eigenvalue weighted by molar-refractivity contribution is 0.0953. The average Bonchev–Trinajstić information content (AvgIpc) is 2.17. The Bertz CT molecular complexity index is 324. The largest absolute Gasteiger partial charge is 0.327 e. The molecule has 0 saturated carbocycles. The van der Waals surface area contributed by atoms with Gasteiger partial charge in [-0.05, 0) is 5.41 Å². The summed E-state index contributed by atoms with van der Waals surface area (Å²) in [6, 6.07) is 9.21. The molecule has 0 heterocycles. The van der Waals surface area contributed by atoms with Gasteiger partial charge < -0.3 is 5.73 Å². The maximum atomic E-state index is 11.8. The monoisotopic (exact) mass is 205 g/mol. The molecule has 2 N–H and O–H groups in total. The molecule has 1 atom stereocenters. The highest BCUT2D eigenvalue weighted by Crippen LogP contribution is 2.21. The van der Waals surface area contributed by atoms with Gasteiger partial charge >= 0.3 is 0 Å². The molecule has 0 fully saturated rings. The molecule has 0 amide bonds. The van der Waals surface area contributed by atoms with Crippen molar-refractivity contribution in [3.63, 3.8) is 0 Å². The van der Waals surface area contributed by atoms with Crippen LogP contribution in [0, 0.1) is 5.41 Å². The summed E-state index contributed by atoms with van der Waals surface area (Å²) in [4.78, 5) is 11.8. The fraction of sp³-hybridized carbons (Fsp3) is 0.462. The Hall–Kier alpha value is -1.15. The zero-order valence-electron chi connectivity index (χ0n) is 9.66. The van der Waals surface area contributed by atoms with Crippen LogP contribution >= 0.6 is 0 Å². The van der Waals surface area contributed by atoms with Gasteiger partial charge in [-0.3, -0.25) is 4.79 Å². The SMILES string of the molecule is CC(C)(C)C(N)CC(=O)c1ccccc1. The van der Waals surface area contributed by atoms with Gasteiger partial charge in [-0.1, -0.05) is 51.1 Å². The first kappa shape index (κ1) is 11.9. The van der Waals surface area contributed by atoms with Crippen molar-refractivity contribution in [2.75, 3.05) is 0 Å². The molecule has 2 nitrogen and oxygen atoms in total. The fourth-order valence-electron chi connectivity index (χ4n) is 1.25. The van der Waals surface area contributed by atoms with Crippen molar-refractivity contribution in [3.05, 3.63) is 35.9 Å². The molecule has 0 aromatic heterocycles. The lowest BCUT2D eigenvalue weighted by Gasteiger charge is -2.26. The standard InChI is InChI=1S/C13H19NO/c1-13(2,3)12(14)9-11(15)10-7-5-4-6-8-10/h4-8,12H,9,14H2,1-3H3. The van der Waals surface area contributed by atoms with Gasteiger partial charge in [-0.25, -0.2) is 0 Å². The van der Waals surface area contributed by atoms with Crippen molar-refractivity contribution in [3.8, 4) is 0 Å². The van der Waals surface area contributed by atoms with Gasteiger partial charge in [-0.15, -0.1) is 0 Å². The molecule has 0 spiro atoms. The predicted octanol–water partition coefficient (Wildman–Crippen LogP) is 2.63. The van der Waals surface area contributed by atoms with E-state index in [1.54, 1.807) is 0 Å². The Morgan fingerprint density at radius 3 is 2.27 bits per heavy atom. The second-order valence-electron chi connectivity index (χ2n) is 4.97. The van der Waals surface area contributed by atoms with Crippen LogP contribution in [0.4, 0.5) is 0 Å². The lowest BCUT2D eigenvalue weighted by atomic mass is 9.84. The number of hydrogen-bond acceptors (Lipinski definition) is 2. The molecule has 1 rings (SSSR count). The number of hydrogen-bond donors (Lipinski definition) is 1. The molecule has 15 heavy (non-hydrogen) atoms. The molecular formula is C13H19NO. The molecule has 0 saturated heterocycles. The quantitative estimate of drug-likeness (QED) is 0.771. The van der Waals surface area contributed by atoms with Gasteiger partial charge in [0.1, 0.15) is 0 Å². The summed E-state index contributed by atoms with van der Waals surface area (Å²) in [5.74, 6) is 0.123. The molecule has 0 aliphatic rings. The van der Waals surface area contributed by atoms with E-state index in [4.69, 9.17) is 5.73 Å². The van der Waals surface area contributed by atoms with Crippen molar-refractivity contribution < 1.29 is 4.79 Å². The van der Waals surface area contributed by atoms with E-state index >= 15 is 0 Å². The van der Waals surface area contributed by atoms with E-state index in [0.29, 0.717) is 6.42 Å². The van der Waals surface area contributed by atoms with Crippen LogP contribution in [0.5, 0.6) is 0 Å². The van der Waals surface area contributed by atoms with Gasteiger partial charge in [0.2, 0.25) is 0 Å². The average molecular weight is 205 g/mol. The highest BCUT2D eigenvalue weighted by molar-refractivity contribution is 5.96. The van der Waals surface area contributed by atoms with Crippen LogP contribution in [0.3, 0.4) is 0 Å². The van der Waals surface area contributed by atoms with E-state index < -0.39 is 0 Å². The summed E-state index contributed by atoms with van der Waals surface area (Å²) in [6.07, 6.45) is 0.410. The number of benzene rings is 1. The third kappa shape index (κ3) is 3.48. The second kappa shape index (κ2) is 4.58. The van der Waals surface area contributed by atoms with Crippen molar-refractivity contribution in [2.24, 2.45) is 11.1 Å². The van der Waals surface area contributed by atoms with Crippen LogP contribution in [0.15, 0.2) is 30.3 Å². The topological polar surface area (TPSA) is 43.1 Å². The van der Waals surface area contributed by atoms with Gasteiger partial charge in [0.15, 0.2) is 5.78 Å². The summed E-state index contributed by atoms with van der Waals surface area (Å²) >= 11 is 0. The van der Waals surface area contributed by atoms with Crippen LogP contribution in [0.2, 0.25) is 0 Å². The van der Waals surface area contributed by atoms with E-state index in [1.807, 2.05) is 30.3 Å². The van der Waals surface area contributed by atoms with E-state index in [9.17, 15) is 4.79 Å². The van der Waals surface area contributed by atoms with E-state index in [0.717, 1.165) is 5.56 Å². The Labute approximate surface area is 91.5 Å². The highest BCUT2D eigenvalue weighted by Gasteiger charge is 2.23. The van der Waals surface area contributed by atoms with Gasteiger partial charge in [0.05, 0.1) is 0 Å². The molecular weight excluding hydrogens is 186 g/mol. The third-order valence-electron chi connectivity index (χ3n) is 2.61. The minimum atomic E-state index is -0.0924. The molecule has 0 aliphatic heterocycles. The Kier molecular flexibility index (Phi) is 3.64. The second-order valence-corrected chi connectivity index (χ2v) is 4.97. The van der Waals surface area contributed by atoms with Crippen molar-refractivity contribution in [2.45, 2.75) is 33.2 Å². The first-order valence-electron chi connectivity index (χ1n) is 5.25. The van der Waals surface area contributed by atoms with E-state index in [-0.39, 0.29) is 17.2 Å². The Balaban J connectivity index is 2.65. The van der Waals surface area contributed by atoms with Gasteiger partial charge in [0, 0.05) is 18.0 Å². The number of rotatable bonds is 3. The fourth-order valence-corrected chi connectivity index (χ4v) is 1.25. The number of nitrogens with two attached hydrogens (primary N) is 1. The molecule has 2 heteroatoms. The first-order valence-corrected chi connectivity index (χ1v) is 5.25. The zero-order chi connectivity index (χ0) is 11.5. The molecule has 1 aromatic carbocycles. The molecule has 1 aromatic rings. The Morgan fingerprint density at radius 1 is 1.27 bits per heavy atom. The maximum absolute atomic E-state index is 11.8. The zero-order valence-corrected chi connectivity index (χ0v) is 9.66. The number of ketones is 1. The first-order chi connectivity index (χ1) is 6.91. The van der Waals surface area contributed by atoms with Crippen LogP contribution < -0.4 is 5.73 Å². The van der Waals surface area contributed by atoms with E-state index in [1.165, 1.54) is 0 Å². The number of carbonyl (C=O) groups excluding carboxylic acids is 1. The molecule has 0 bridgehead atoms. The minimum Gasteiger partial charge on any atom is -0.327 e. The van der Waals surface area contributed by atoms with Crippen LogP contribution in [0.1, 0.15) is 37.6 Å². The van der Waals surface area contributed by atoms with Crippen LogP contribution in [-0.4, -0.2) is 11.8 Å². The number of carbonyl (C=O) groups is 1. The molecule has 0 radical (unpaired) electrons. The molecule has 1 unspecified atom stereocenters. The lowest BCUT2D eigenvalue weighted by Crippen LogP contribution is -2.36. The minimum absolute atomic E-state index is 0.0234. The van der Waals surface area contributed by atoms with Crippen molar-refractivity contribution in [1.82, 2.24) is 0 Å². The molecule has 82 valence electrons. The maximum Gasteiger partial charge on any atom is 0.164 e. The predicted molar refractivity (Wildman–Crippen MR) is 62.8 cm³/mol. The summed E-state index contributed by atoms with van der Waals surface area (Å²) in [7, 11) is 0. The summed E-state index contributed by atoms with van der Waals surface area (Å²) in [5, 5.41) is 0. The third-order valence-corrected chi connectivity index (χ3v) is 2.61. The normalized spacial score (nSPS) is 13.6. The summed E-state index contributed by atoms with van der Waals surface area (Å²) < 4.78 is 0. The van der Waals surface area contributed by atoms with Crippen molar-refractivity contribution >= 4 is 5.78 Å². The van der Waals surface area contributed by atoms with Gasteiger partial charge in [0.25, 0.3) is 0 Å². The van der Waals surface area contributed by atoms with Crippen molar-refractivity contribution in [1.29, 1.82) is 0 Å². The summed E-state index contributed by atoms with van der Waals surface area (Å²) in [6.45, 7) is 6.15. The highest BCUT2D eigenvalue weighted by atomic mass is 16.1. The van der Waals surface area contributed by atoms with Crippen LogP contribution in [-0.2, 0) is 0 Å². The smallest absolute Gasteiger partial charge is 0.164 e. The van der Waals surface area contributed by atoms with E-state index in [2.05, 4.69) is 20.8 Å². The number of Topliss-reactive ketones (excluding diaryl/α,β-unsaturated/α-hetero) is 1. The van der Waals surface area contributed by atoms with Gasteiger partial charge in [-0.2, -0.15) is 0 Å². The Morgan fingerprint density at radius 2 is 1.80 bits per heavy atom. The molecule has 0 aliphatic carbocycles. The summed E-state index contributed by atoms with van der Waals surface area (Å²) in [5.41, 5.74) is 6.69. The van der Waals surface area contributed by atoms with Crippen LogP contribution in [0.25, 0.3) is 0 Å².